The zero-order chi connectivity index (χ0) is 22.2. The fourth-order valence-electron chi connectivity index (χ4n) is 3.32. The fraction of sp³-hybridized carbons (Fsp3) is 0.154. The van der Waals surface area contributed by atoms with E-state index in [1.165, 1.54) is 16.9 Å². The highest BCUT2D eigenvalue weighted by Crippen LogP contribution is 2.25. The maximum absolute atomic E-state index is 6.22. The third kappa shape index (κ3) is 5.74. The van der Waals surface area contributed by atoms with Crippen molar-refractivity contribution in [3.05, 3.63) is 106 Å². The Hall–Kier alpha value is -3.64. The number of anilines is 1. The first-order valence-corrected chi connectivity index (χ1v) is 11.2. The molecular formula is C26H25N3O2S. The van der Waals surface area contributed by atoms with Crippen LogP contribution in [0.4, 0.5) is 5.13 Å². The molecule has 1 heterocycles. The summed E-state index contributed by atoms with van der Waals surface area (Å²) in [6.07, 6.45) is 2.59. The van der Waals surface area contributed by atoms with Crippen LogP contribution in [-0.4, -0.2) is 18.3 Å². The van der Waals surface area contributed by atoms with Gasteiger partial charge in [0.15, 0.2) is 0 Å². The summed E-state index contributed by atoms with van der Waals surface area (Å²) < 4.78 is 11.8. The zero-order valence-corrected chi connectivity index (χ0v) is 18.9. The van der Waals surface area contributed by atoms with Gasteiger partial charge in [-0.15, -0.1) is 11.3 Å². The van der Waals surface area contributed by atoms with Gasteiger partial charge in [0.2, 0.25) is 5.13 Å². The van der Waals surface area contributed by atoms with E-state index in [9.17, 15) is 0 Å². The number of aromatic nitrogens is 1. The molecule has 162 valence electrons. The number of methoxy groups -OCH3 is 1. The van der Waals surface area contributed by atoms with Gasteiger partial charge >= 0.3 is 0 Å². The summed E-state index contributed by atoms with van der Waals surface area (Å²) >= 11 is 1.53. The first kappa shape index (κ1) is 21.6. The molecule has 1 N–H and O–H groups in total. The van der Waals surface area contributed by atoms with Crippen molar-refractivity contribution in [2.24, 2.45) is 5.10 Å². The average Bonchev–Trinajstić information content (AvgIpc) is 3.24. The lowest BCUT2D eigenvalue weighted by Crippen LogP contribution is -2.02. The van der Waals surface area contributed by atoms with Crippen LogP contribution >= 0.6 is 11.3 Å². The number of hydrogen-bond acceptors (Lipinski definition) is 6. The van der Waals surface area contributed by atoms with Crippen LogP contribution in [0.1, 0.15) is 27.9 Å². The van der Waals surface area contributed by atoms with Crippen LogP contribution in [0.15, 0.2) is 83.3 Å². The second-order valence-electron chi connectivity index (χ2n) is 7.29. The summed E-state index contributed by atoms with van der Waals surface area (Å²) in [5.74, 6) is 1.66. The molecule has 4 rings (SSSR count). The highest BCUT2D eigenvalue weighted by Gasteiger charge is 2.08. The van der Waals surface area contributed by atoms with Crippen molar-refractivity contribution < 1.29 is 9.47 Å². The first-order valence-electron chi connectivity index (χ1n) is 10.3. The van der Waals surface area contributed by atoms with E-state index in [4.69, 9.17) is 9.47 Å². The van der Waals surface area contributed by atoms with E-state index >= 15 is 0 Å². The van der Waals surface area contributed by atoms with E-state index in [0.717, 1.165) is 45.4 Å². The van der Waals surface area contributed by atoms with E-state index in [-0.39, 0.29) is 0 Å². The van der Waals surface area contributed by atoms with Crippen molar-refractivity contribution in [2.45, 2.75) is 20.0 Å². The van der Waals surface area contributed by atoms with Gasteiger partial charge in [0.1, 0.15) is 18.1 Å². The number of nitrogens with zero attached hydrogens (tertiary/aromatic N) is 2. The van der Waals surface area contributed by atoms with Crippen LogP contribution < -0.4 is 14.9 Å². The van der Waals surface area contributed by atoms with E-state index < -0.39 is 0 Å². The van der Waals surface area contributed by atoms with Crippen LogP contribution in [0.2, 0.25) is 0 Å². The van der Waals surface area contributed by atoms with Crippen LogP contribution in [0.25, 0.3) is 0 Å². The Kier molecular flexibility index (Phi) is 7.15. The SMILES string of the molecule is COc1ccc(C=NNc2nc(C)cs2)cc1COc1ccccc1Cc1ccccc1. The first-order chi connectivity index (χ1) is 15.7. The van der Waals surface area contributed by atoms with Crippen LogP contribution in [-0.2, 0) is 13.0 Å². The molecule has 32 heavy (non-hydrogen) atoms. The molecule has 0 atom stereocenters. The third-order valence-electron chi connectivity index (χ3n) is 4.89. The van der Waals surface area contributed by atoms with Gasteiger partial charge in [0.05, 0.1) is 19.0 Å². The van der Waals surface area contributed by atoms with Gasteiger partial charge in [-0.25, -0.2) is 4.98 Å². The molecule has 0 amide bonds. The van der Waals surface area contributed by atoms with Crippen molar-refractivity contribution in [3.63, 3.8) is 0 Å². The summed E-state index contributed by atoms with van der Waals surface area (Å²) in [4.78, 5) is 4.34. The minimum Gasteiger partial charge on any atom is -0.496 e. The van der Waals surface area contributed by atoms with Gasteiger partial charge < -0.3 is 9.47 Å². The monoisotopic (exact) mass is 443 g/mol. The van der Waals surface area contributed by atoms with Crippen LogP contribution in [0.5, 0.6) is 11.5 Å². The Morgan fingerprint density at radius 1 is 0.969 bits per heavy atom. The predicted molar refractivity (Wildman–Crippen MR) is 131 cm³/mol. The van der Waals surface area contributed by atoms with Crippen molar-refractivity contribution >= 4 is 22.7 Å². The quantitative estimate of drug-likeness (QED) is 0.252. The van der Waals surface area contributed by atoms with Gasteiger partial charge in [-0.05, 0) is 47.9 Å². The average molecular weight is 444 g/mol. The molecule has 4 aromatic rings. The van der Waals surface area contributed by atoms with Crippen molar-refractivity contribution in [2.75, 3.05) is 12.5 Å². The van der Waals surface area contributed by atoms with E-state index in [1.54, 1.807) is 13.3 Å². The Labute approximate surface area is 192 Å². The van der Waals surface area contributed by atoms with Crippen molar-refractivity contribution in [3.8, 4) is 11.5 Å². The topological polar surface area (TPSA) is 55.7 Å². The standard InChI is InChI=1S/C26H25N3O2S/c1-19-18-32-26(28-19)29-27-16-21-12-13-24(30-2)23(15-21)17-31-25-11-7-6-10-22(25)14-20-8-4-3-5-9-20/h3-13,15-16,18H,14,17H2,1-2H3,(H,28,29). The lowest BCUT2D eigenvalue weighted by molar-refractivity contribution is 0.294. The Balaban J connectivity index is 1.46. The lowest BCUT2D eigenvalue weighted by atomic mass is 10.0. The maximum atomic E-state index is 6.22. The minimum absolute atomic E-state index is 0.399. The molecule has 0 aliphatic heterocycles. The van der Waals surface area contributed by atoms with Crippen LogP contribution in [0, 0.1) is 6.92 Å². The molecule has 0 saturated carbocycles. The largest absolute Gasteiger partial charge is 0.496 e. The summed E-state index contributed by atoms with van der Waals surface area (Å²) in [5, 5.41) is 7.04. The van der Waals surface area contributed by atoms with E-state index in [0.29, 0.717) is 6.61 Å². The second-order valence-corrected chi connectivity index (χ2v) is 8.15. The summed E-state index contributed by atoms with van der Waals surface area (Å²) in [7, 11) is 1.67. The Morgan fingerprint density at radius 2 is 1.78 bits per heavy atom. The summed E-state index contributed by atoms with van der Waals surface area (Å²) in [6.45, 7) is 2.36. The fourth-order valence-corrected chi connectivity index (χ4v) is 3.96. The molecule has 0 aliphatic rings. The number of hydrogen-bond donors (Lipinski definition) is 1. The molecule has 5 nitrogen and oxygen atoms in total. The number of para-hydroxylation sites is 1. The summed E-state index contributed by atoms with van der Waals surface area (Å²) in [5.41, 5.74) is 8.25. The molecule has 0 unspecified atom stereocenters. The molecule has 0 radical (unpaired) electrons. The van der Waals surface area contributed by atoms with Gasteiger partial charge in [0, 0.05) is 17.4 Å². The third-order valence-corrected chi connectivity index (χ3v) is 5.76. The minimum atomic E-state index is 0.399. The molecule has 0 spiro atoms. The smallest absolute Gasteiger partial charge is 0.203 e. The zero-order valence-electron chi connectivity index (χ0n) is 18.1. The number of rotatable bonds is 9. The van der Waals surface area contributed by atoms with E-state index in [2.05, 4.69) is 45.8 Å². The molecule has 0 fully saturated rings. The second kappa shape index (κ2) is 10.6. The highest BCUT2D eigenvalue weighted by atomic mass is 32.1. The summed E-state index contributed by atoms with van der Waals surface area (Å²) in [6, 6.07) is 24.5. The van der Waals surface area contributed by atoms with E-state index in [1.807, 2.05) is 54.8 Å². The van der Waals surface area contributed by atoms with Gasteiger partial charge in [-0.1, -0.05) is 48.5 Å². The molecule has 0 bridgehead atoms. The molecular weight excluding hydrogens is 418 g/mol. The Bertz CT molecular complexity index is 1190. The van der Waals surface area contributed by atoms with Crippen LogP contribution in [0.3, 0.4) is 0 Å². The number of benzene rings is 3. The number of thiazole rings is 1. The number of nitrogens with one attached hydrogen (secondary N) is 1. The van der Waals surface area contributed by atoms with Gasteiger partial charge in [0.25, 0.3) is 0 Å². The number of aryl methyl sites for hydroxylation is 1. The molecule has 1 aromatic heterocycles. The number of ether oxygens (including phenoxy) is 2. The predicted octanol–water partition coefficient (Wildman–Crippen LogP) is 6.08. The molecule has 3 aromatic carbocycles. The van der Waals surface area contributed by atoms with Gasteiger partial charge in [-0.2, -0.15) is 5.10 Å². The normalized spacial score (nSPS) is 10.9. The number of hydrazone groups is 1. The maximum Gasteiger partial charge on any atom is 0.203 e. The lowest BCUT2D eigenvalue weighted by Gasteiger charge is -2.14. The van der Waals surface area contributed by atoms with Crippen molar-refractivity contribution in [1.82, 2.24) is 4.98 Å². The highest BCUT2D eigenvalue weighted by molar-refractivity contribution is 7.13. The molecule has 0 saturated heterocycles. The Morgan fingerprint density at radius 3 is 2.56 bits per heavy atom. The van der Waals surface area contributed by atoms with Crippen molar-refractivity contribution in [1.29, 1.82) is 0 Å². The molecule has 6 heteroatoms. The van der Waals surface area contributed by atoms with Gasteiger partial charge in [-0.3, -0.25) is 5.43 Å². The molecule has 0 aliphatic carbocycles.